The van der Waals surface area contributed by atoms with Gasteiger partial charge in [0.1, 0.15) is 0 Å². The Labute approximate surface area is 224 Å². The number of hydrogen-bond donors (Lipinski definition) is 0. The highest BCUT2D eigenvalue weighted by molar-refractivity contribution is 7.11. The van der Waals surface area contributed by atoms with Crippen LogP contribution in [0.5, 0.6) is 0 Å². The summed E-state index contributed by atoms with van der Waals surface area (Å²) in [5.41, 5.74) is 11.3. The van der Waals surface area contributed by atoms with Gasteiger partial charge in [-0.1, -0.05) is 91.8 Å². The lowest BCUT2D eigenvalue weighted by Gasteiger charge is -2.59. The minimum Gasteiger partial charge on any atom is -0.144 e. The quantitative estimate of drug-likeness (QED) is 0.378. The van der Waals surface area contributed by atoms with Crippen LogP contribution < -0.4 is 0 Å². The Kier molecular flexibility index (Phi) is 5.03. The minimum atomic E-state index is -0.141. The zero-order chi connectivity index (χ0) is 25.7. The highest BCUT2D eigenvalue weighted by atomic mass is 32.1. The van der Waals surface area contributed by atoms with Crippen molar-refractivity contribution in [3.63, 3.8) is 0 Å². The van der Waals surface area contributed by atoms with Crippen molar-refractivity contribution in [2.24, 2.45) is 21.7 Å². The van der Waals surface area contributed by atoms with Gasteiger partial charge in [-0.25, -0.2) is 0 Å². The molecule has 0 unspecified atom stereocenters. The lowest BCUT2D eigenvalue weighted by atomic mass is 9.43. The third-order valence-corrected chi connectivity index (χ3v) is 10.7. The summed E-state index contributed by atoms with van der Waals surface area (Å²) in [7, 11) is 0. The predicted molar refractivity (Wildman–Crippen MR) is 159 cm³/mol. The van der Waals surface area contributed by atoms with Gasteiger partial charge >= 0.3 is 0 Å². The second-order valence-corrected chi connectivity index (χ2v) is 14.9. The van der Waals surface area contributed by atoms with Crippen molar-refractivity contribution in [2.75, 3.05) is 0 Å². The number of hydrogen-bond acceptors (Lipinski definition) is 2. The van der Waals surface area contributed by atoms with E-state index in [1.807, 2.05) is 22.7 Å². The van der Waals surface area contributed by atoms with Gasteiger partial charge < -0.3 is 0 Å². The van der Waals surface area contributed by atoms with Crippen LogP contribution >= 0.6 is 22.7 Å². The van der Waals surface area contributed by atoms with E-state index in [0.717, 1.165) is 0 Å². The van der Waals surface area contributed by atoms with Crippen molar-refractivity contribution in [1.82, 2.24) is 0 Å². The van der Waals surface area contributed by atoms with Crippen LogP contribution in [-0.4, -0.2) is 0 Å². The molecule has 2 aromatic rings. The monoisotopic (exact) mass is 508 g/mol. The molecule has 2 aromatic heterocycles. The van der Waals surface area contributed by atoms with E-state index in [4.69, 9.17) is 0 Å². The molecular formula is C34H36S2. The van der Waals surface area contributed by atoms with Crippen molar-refractivity contribution in [2.45, 2.75) is 55.4 Å². The van der Waals surface area contributed by atoms with Crippen LogP contribution in [0.15, 0.2) is 105 Å². The molecule has 0 spiro atoms. The summed E-state index contributed by atoms with van der Waals surface area (Å²) in [6, 6.07) is 8.97. The SMILES string of the molecule is CC(C)(C)C1=CC2=CC(c3cccs3)=C3C=C(C(C)(C)C)C=C4C=C(c5cccs5)C(=C1)[C@@]2(C)[C@]43C. The van der Waals surface area contributed by atoms with Crippen molar-refractivity contribution >= 4 is 33.8 Å². The summed E-state index contributed by atoms with van der Waals surface area (Å²) in [6.07, 6.45) is 15.1. The van der Waals surface area contributed by atoms with Crippen LogP contribution in [-0.2, 0) is 0 Å². The fourth-order valence-corrected chi connectivity index (χ4v) is 7.92. The van der Waals surface area contributed by atoms with E-state index in [0.29, 0.717) is 0 Å². The molecule has 4 aliphatic rings. The highest BCUT2D eigenvalue weighted by Crippen LogP contribution is 2.70. The van der Waals surface area contributed by atoms with Gasteiger partial charge in [0.15, 0.2) is 0 Å². The Morgan fingerprint density at radius 2 is 1.19 bits per heavy atom. The normalized spacial score (nSPS) is 27.4. The van der Waals surface area contributed by atoms with Gasteiger partial charge in [0, 0.05) is 20.6 Å². The highest BCUT2D eigenvalue weighted by Gasteiger charge is 2.59. The van der Waals surface area contributed by atoms with Crippen LogP contribution in [0.25, 0.3) is 11.1 Å². The number of thiophene rings is 2. The molecule has 2 heterocycles. The summed E-state index contributed by atoms with van der Waals surface area (Å²) in [4.78, 5) is 2.72. The maximum Gasteiger partial charge on any atom is 0.0345 e. The van der Waals surface area contributed by atoms with E-state index < -0.39 is 0 Å². The fourth-order valence-electron chi connectivity index (χ4n) is 6.40. The second-order valence-electron chi connectivity index (χ2n) is 13.0. The van der Waals surface area contributed by atoms with Crippen molar-refractivity contribution < 1.29 is 0 Å². The lowest BCUT2D eigenvalue weighted by Crippen LogP contribution is -2.49. The first-order chi connectivity index (χ1) is 16.8. The summed E-state index contributed by atoms with van der Waals surface area (Å²) in [5, 5.41) is 4.42. The van der Waals surface area contributed by atoms with E-state index in [1.54, 1.807) is 0 Å². The van der Waals surface area contributed by atoms with Gasteiger partial charge in [-0.05, 0) is 90.5 Å². The summed E-state index contributed by atoms with van der Waals surface area (Å²) >= 11 is 3.71. The molecule has 2 atom stereocenters. The van der Waals surface area contributed by atoms with Gasteiger partial charge in [-0.3, -0.25) is 0 Å². The maximum atomic E-state index is 2.53. The molecule has 184 valence electrons. The largest absolute Gasteiger partial charge is 0.144 e. The number of rotatable bonds is 2. The van der Waals surface area contributed by atoms with Crippen LogP contribution in [0.1, 0.15) is 65.1 Å². The van der Waals surface area contributed by atoms with Gasteiger partial charge in [-0.2, -0.15) is 0 Å². The molecular weight excluding hydrogens is 473 g/mol. The molecule has 0 amide bonds. The molecule has 0 bridgehead atoms. The summed E-state index contributed by atoms with van der Waals surface area (Å²) in [6.45, 7) is 19.1. The minimum absolute atomic E-state index is 0.0751. The molecule has 2 heteroatoms. The molecule has 0 radical (unpaired) electrons. The van der Waals surface area contributed by atoms with Gasteiger partial charge in [0.05, 0.1) is 0 Å². The molecule has 0 saturated heterocycles. The maximum absolute atomic E-state index is 2.53. The van der Waals surface area contributed by atoms with Gasteiger partial charge in [0.25, 0.3) is 0 Å². The van der Waals surface area contributed by atoms with Crippen molar-refractivity contribution in [3.8, 4) is 0 Å². The standard InChI is InChI=1S/C34H36S2/c1-31(2,3)21-15-23-17-26(30-12-10-14-36-30)28-20-22(32(4,5)6)16-24-18-25(29-11-9-13-35-29)27(19-21)33(23,7)34(24,28)8/h9-20H,1-8H3/t33-,34+. The first-order valence-corrected chi connectivity index (χ1v) is 14.8. The fraction of sp³-hybridized carbons (Fsp3) is 0.353. The van der Waals surface area contributed by atoms with E-state index in [9.17, 15) is 0 Å². The zero-order valence-corrected chi connectivity index (χ0v) is 24.4. The molecule has 0 nitrogen and oxygen atoms in total. The average molecular weight is 509 g/mol. The molecule has 36 heavy (non-hydrogen) atoms. The van der Waals surface area contributed by atoms with Crippen molar-refractivity contribution in [3.05, 3.63) is 115 Å². The summed E-state index contributed by atoms with van der Waals surface area (Å²) in [5.74, 6) is 0. The zero-order valence-electron chi connectivity index (χ0n) is 22.7. The second kappa shape index (κ2) is 7.55. The van der Waals surface area contributed by atoms with E-state index in [-0.39, 0.29) is 21.7 Å². The van der Waals surface area contributed by atoms with Crippen LogP contribution in [0.4, 0.5) is 0 Å². The predicted octanol–water partition coefficient (Wildman–Crippen LogP) is 10.4. The van der Waals surface area contributed by atoms with Crippen LogP contribution in [0, 0.1) is 21.7 Å². The smallest absolute Gasteiger partial charge is 0.0345 e. The molecule has 0 N–H and O–H groups in total. The lowest BCUT2D eigenvalue weighted by molar-refractivity contribution is 0.249. The first-order valence-electron chi connectivity index (χ1n) is 13.0. The number of allylic oxidation sites excluding steroid dienone is 14. The first kappa shape index (κ1) is 23.9. The molecule has 0 aliphatic heterocycles. The van der Waals surface area contributed by atoms with Gasteiger partial charge in [0.2, 0.25) is 0 Å². The molecule has 0 aromatic carbocycles. The summed E-state index contributed by atoms with van der Waals surface area (Å²) < 4.78 is 0. The molecule has 0 saturated carbocycles. The molecule has 4 aliphatic carbocycles. The Balaban J connectivity index is 1.77. The molecule has 0 fully saturated rings. The Hall–Kier alpha value is -2.42. The van der Waals surface area contributed by atoms with E-state index >= 15 is 0 Å². The van der Waals surface area contributed by atoms with Crippen molar-refractivity contribution in [1.29, 1.82) is 0 Å². The Morgan fingerprint density at radius 3 is 1.78 bits per heavy atom. The average Bonchev–Trinajstić information content (AvgIpc) is 3.50. The van der Waals surface area contributed by atoms with Crippen LogP contribution in [0.3, 0.4) is 0 Å². The molecule has 6 rings (SSSR count). The van der Waals surface area contributed by atoms with Gasteiger partial charge in [-0.15, -0.1) is 22.7 Å². The topological polar surface area (TPSA) is 0 Å². The van der Waals surface area contributed by atoms with Crippen LogP contribution in [0.2, 0.25) is 0 Å². The Morgan fingerprint density at radius 1 is 0.611 bits per heavy atom. The Bertz CT molecular complexity index is 1480. The van der Waals surface area contributed by atoms with E-state index in [2.05, 4.69) is 127 Å². The third kappa shape index (κ3) is 3.17. The van der Waals surface area contributed by atoms with E-state index in [1.165, 1.54) is 54.3 Å². The third-order valence-electron chi connectivity index (χ3n) is 8.94.